The number of hydrogen-bond acceptors (Lipinski definition) is 7. The number of rotatable bonds is 6. The highest BCUT2D eigenvalue weighted by molar-refractivity contribution is 7.99. The van der Waals surface area contributed by atoms with Gasteiger partial charge in [0.25, 0.3) is 0 Å². The molecule has 10 heteroatoms. The molecule has 0 aromatic carbocycles. The van der Waals surface area contributed by atoms with E-state index in [0.717, 1.165) is 17.7 Å². The van der Waals surface area contributed by atoms with Gasteiger partial charge in [-0.25, -0.2) is 27.5 Å². The third-order valence-electron chi connectivity index (χ3n) is 2.90. The number of thioether (sulfide) groups is 1. The lowest BCUT2D eigenvalue weighted by atomic mass is 10.4. The van der Waals surface area contributed by atoms with Gasteiger partial charge in [-0.15, -0.1) is 0 Å². The summed E-state index contributed by atoms with van der Waals surface area (Å²) in [6, 6.07) is 0. The minimum atomic E-state index is -3.26. The van der Waals surface area contributed by atoms with Crippen LogP contribution in [0, 0.1) is 0 Å². The van der Waals surface area contributed by atoms with Crippen molar-refractivity contribution in [1.82, 2.24) is 14.3 Å². The SMILES string of the molecule is O=C(O)c1cnc(NCCS(=O)(=O)N2CCSCC2)cn1. The molecular formula is C11H16N4O4S2. The van der Waals surface area contributed by atoms with Crippen LogP contribution in [0.4, 0.5) is 5.82 Å². The summed E-state index contributed by atoms with van der Waals surface area (Å²) < 4.78 is 25.7. The molecule has 1 fully saturated rings. The van der Waals surface area contributed by atoms with Crippen LogP contribution in [0.3, 0.4) is 0 Å². The number of hydrogen-bond donors (Lipinski definition) is 2. The molecule has 0 amide bonds. The van der Waals surface area contributed by atoms with Gasteiger partial charge >= 0.3 is 5.97 Å². The summed E-state index contributed by atoms with van der Waals surface area (Å²) >= 11 is 1.75. The van der Waals surface area contributed by atoms with E-state index in [4.69, 9.17) is 5.11 Å². The van der Waals surface area contributed by atoms with Crippen LogP contribution < -0.4 is 5.32 Å². The number of anilines is 1. The predicted molar refractivity (Wildman–Crippen MR) is 80.2 cm³/mol. The summed E-state index contributed by atoms with van der Waals surface area (Å²) in [6.45, 7) is 1.31. The Morgan fingerprint density at radius 1 is 1.33 bits per heavy atom. The van der Waals surface area contributed by atoms with Crippen LogP contribution in [0.2, 0.25) is 0 Å². The van der Waals surface area contributed by atoms with Crippen LogP contribution in [0.25, 0.3) is 0 Å². The van der Waals surface area contributed by atoms with Crippen molar-refractivity contribution in [2.45, 2.75) is 0 Å². The van der Waals surface area contributed by atoms with Crippen molar-refractivity contribution in [2.75, 3.05) is 42.2 Å². The fourth-order valence-electron chi connectivity index (χ4n) is 1.79. The van der Waals surface area contributed by atoms with Crippen molar-refractivity contribution in [3.05, 3.63) is 18.1 Å². The highest BCUT2D eigenvalue weighted by atomic mass is 32.2. The first kappa shape index (κ1) is 16.0. The van der Waals surface area contributed by atoms with Gasteiger partial charge < -0.3 is 10.4 Å². The molecule has 1 aliphatic heterocycles. The largest absolute Gasteiger partial charge is 0.476 e. The second kappa shape index (κ2) is 7.05. The molecule has 0 atom stereocenters. The molecule has 1 saturated heterocycles. The standard InChI is InChI=1S/C11H16N4O4S2/c16-11(17)9-7-14-10(8-13-9)12-1-6-21(18,19)15-2-4-20-5-3-15/h7-8H,1-6H2,(H,12,14)(H,16,17). The minimum Gasteiger partial charge on any atom is -0.476 e. The molecule has 2 N–H and O–H groups in total. The lowest BCUT2D eigenvalue weighted by Crippen LogP contribution is -2.40. The van der Waals surface area contributed by atoms with E-state index < -0.39 is 16.0 Å². The van der Waals surface area contributed by atoms with Crippen molar-refractivity contribution in [3.63, 3.8) is 0 Å². The van der Waals surface area contributed by atoms with Gasteiger partial charge in [-0.05, 0) is 0 Å². The number of aromatic carboxylic acids is 1. The zero-order valence-electron chi connectivity index (χ0n) is 11.2. The second-order valence-corrected chi connectivity index (χ2v) is 7.66. The smallest absolute Gasteiger partial charge is 0.356 e. The third-order valence-corrected chi connectivity index (χ3v) is 5.72. The van der Waals surface area contributed by atoms with Gasteiger partial charge in [0.05, 0.1) is 18.1 Å². The number of carboxylic acids is 1. The van der Waals surface area contributed by atoms with Gasteiger partial charge in [-0.1, -0.05) is 0 Å². The Bertz CT molecular complexity index is 585. The maximum atomic E-state index is 12.1. The second-order valence-electron chi connectivity index (χ2n) is 4.35. The van der Waals surface area contributed by atoms with Crippen molar-refractivity contribution < 1.29 is 18.3 Å². The van der Waals surface area contributed by atoms with Crippen LogP contribution in [0.1, 0.15) is 10.5 Å². The fraction of sp³-hybridized carbons (Fsp3) is 0.545. The summed E-state index contributed by atoms with van der Waals surface area (Å²) in [6.07, 6.45) is 2.40. The van der Waals surface area contributed by atoms with E-state index >= 15 is 0 Å². The number of carbonyl (C=O) groups is 1. The van der Waals surface area contributed by atoms with Crippen LogP contribution in [0.5, 0.6) is 0 Å². The highest BCUT2D eigenvalue weighted by Crippen LogP contribution is 2.13. The molecule has 1 aromatic heterocycles. The van der Waals surface area contributed by atoms with Gasteiger partial charge in [0.2, 0.25) is 10.0 Å². The van der Waals surface area contributed by atoms with E-state index in [9.17, 15) is 13.2 Å². The van der Waals surface area contributed by atoms with Crippen LogP contribution >= 0.6 is 11.8 Å². The maximum Gasteiger partial charge on any atom is 0.356 e. The summed E-state index contributed by atoms with van der Waals surface area (Å²) in [5.41, 5.74) is -0.154. The Balaban J connectivity index is 1.84. The Labute approximate surface area is 127 Å². The molecule has 0 aliphatic carbocycles. The van der Waals surface area contributed by atoms with E-state index in [1.165, 1.54) is 10.5 Å². The first-order valence-corrected chi connectivity index (χ1v) is 9.10. The molecule has 0 spiro atoms. The fourth-order valence-corrected chi connectivity index (χ4v) is 4.28. The lowest BCUT2D eigenvalue weighted by Gasteiger charge is -2.25. The zero-order chi connectivity index (χ0) is 15.3. The Kier molecular flexibility index (Phi) is 5.37. The van der Waals surface area contributed by atoms with Crippen LogP contribution in [0.15, 0.2) is 12.4 Å². The molecule has 21 heavy (non-hydrogen) atoms. The maximum absolute atomic E-state index is 12.1. The molecule has 0 bridgehead atoms. The first-order valence-electron chi connectivity index (χ1n) is 6.34. The summed E-state index contributed by atoms with van der Waals surface area (Å²) in [5.74, 6) is 0.827. The van der Waals surface area contributed by atoms with Gasteiger partial charge in [0, 0.05) is 31.1 Å². The molecule has 0 unspecified atom stereocenters. The molecule has 8 nitrogen and oxygen atoms in total. The van der Waals surface area contributed by atoms with Crippen molar-refractivity contribution in [3.8, 4) is 0 Å². The van der Waals surface area contributed by atoms with E-state index in [0.29, 0.717) is 18.9 Å². The third kappa shape index (κ3) is 4.55. The predicted octanol–water partition coefficient (Wildman–Crippen LogP) is -0.0347. The van der Waals surface area contributed by atoms with E-state index in [2.05, 4.69) is 15.3 Å². The summed E-state index contributed by atoms with van der Waals surface area (Å²) in [4.78, 5) is 18.2. The Hall–Kier alpha value is -1.39. The number of sulfonamides is 1. The van der Waals surface area contributed by atoms with Gasteiger partial charge in [-0.3, -0.25) is 0 Å². The first-order chi connectivity index (χ1) is 9.99. The average Bonchev–Trinajstić information content (AvgIpc) is 2.48. The molecule has 1 aliphatic rings. The lowest BCUT2D eigenvalue weighted by molar-refractivity contribution is 0.0690. The quantitative estimate of drug-likeness (QED) is 0.746. The van der Waals surface area contributed by atoms with Crippen LogP contribution in [-0.2, 0) is 10.0 Å². The van der Waals surface area contributed by atoms with E-state index in [1.54, 1.807) is 11.8 Å². The monoisotopic (exact) mass is 332 g/mol. The number of nitrogens with one attached hydrogen (secondary N) is 1. The molecule has 2 heterocycles. The number of aromatic nitrogens is 2. The van der Waals surface area contributed by atoms with Crippen LogP contribution in [-0.4, -0.2) is 70.7 Å². The minimum absolute atomic E-state index is 0.0277. The summed E-state index contributed by atoms with van der Waals surface area (Å²) in [7, 11) is -3.26. The number of carboxylic acid groups (broad SMARTS) is 1. The van der Waals surface area contributed by atoms with Gasteiger partial charge in [-0.2, -0.15) is 11.8 Å². The van der Waals surface area contributed by atoms with Crippen molar-refractivity contribution >= 4 is 33.6 Å². The molecule has 2 rings (SSSR count). The Morgan fingerprint density at radius 3 is 2.62 bits per heavy atom. The average molecular weight is 332 g/mol. The van der Waals surface area contributed by atoms with E-state index in [1.807, 2.05) is 0 Å². The summed E-state index contributed by atoms with van der Waals surface area (Å²) in [5, 5.41) is 11.5. The molecular weight excluding hydrogens is 316 g/mol. The Morgan fingerprint density at radius 2 is 2.05 bits per heavy atom. The number of nitrogens with zero attached hydrogens (tertiary/aromatic N) is 3. The molecule has 1 aromatic rings. The molecule has 116 valence electrons. The molecule has 0 saturated carbocycles. The topological polar surface area (TPSA) is 112 Å². The normalized spacial score (nSPS) is 16.6. The highest BCUT2D eigenvalue weighted by Gasteiger charge is 2.23. The van der Waals surface area contributed by atoms with Gasteiger partial charge in [0.15, 0.2) is 5.69 Å². The van der Waals surface area contributed by atoms with Crippen molar-refractivity contribution in [2.24, 2.45) is 0 Å². The zero-order valence-corrected chi connectivity index (χ0v) is 12.9. The van der Waals surface area contributed by atoms with E-state index in [-0.39, 0.29) is 18.0 Å². The van der Waals surface area contributed by atoms with Crippen molar-refractivity contribution in [1.29, 1.82) is 0 Å². The van der Waals surface area contributed by atoms with Gasteiger partial charge in [0.1, 0.15) is 5.82 Å². The molecule has 0 radical (unpaired) electrons.